The number of aliphatic hydroxyl groups excluding tert-OH is 2. The van der Waals surface area contributed by atoms with Crippen LogP contribution in [0.1, 0.15) is 26.3 Å². The van der Waals surface area contributed by atoms with E-state index in [1.807, 2.05) is 42.7 Å². The molecule has 3 aliphatic heterocycles. The SMILES string of the molecule is COc1ccc(OC[C@H]2O[C@@H](n3cnc4c(N)ncnc43)[C@@H]3OC(C)(C)O[C@@H]32)cc1.COc1ccc(OC[C@H]2O[C@@H](n3cnc4c(N)ncnc43)[C@H](O)[C@@H]2O)cc1. The second kappa shape index (κ2) is 15.6. The number of benzene rings is 2. The Bertz CT molecular complexity index is 2310. The molecular weight excluding hydrogens is 744 g/mol. The summed E-state index contributed by atoms with van der Waals surface area (Å²) >= 11 is 0. The summed E-state index contributed by atoms with van der Waals surface area (Å²) in [5.74, 6) is 2.59. The standard InChI is InChI=1S/C20H23N5O5.C17H19N5O5/c1-20(2)29-15-13(8-27-12-6-4-11(26-3)5-7-12)28-19(16(15)30-20)25-10-24-14-17(21)22-9-23-18(14)25;1-25-9-2-4-10(5-3-9)26-6-11-13(23)14(24)17(27-11)22-8-21-12-15(18)19-7-20-16(12)22/h4-7,9-10,13,15-16,19H,8H2,1-3H3,(H2,21,22,23);2-5,7-8,11,13-14,17,23-24H,6H2,1H3,(H2,18,19,20)/t13-,15-,16-,19-;11-,13-,14-,17-/m11/s1. The van der Waals surface area contributed by atoms with Gasteiger partial charge in [-0.2, -0.15) is 0 Å². The molecule has 0 unspecified atom stereocenters. The number of nitrogens with two attached hydrogens (primary N) is 2. The van der Waals surface area contributed by atoms with Crippen LogP contribution in [0.4, 0.5) is 11.6 Å². The average Bonchev–Trinajstić information content (AvgIpc) is 4.03. The van der Waals surface area contributed by atoms with Crippen molar-refractivity contribution in [1.82, 2.24) is 39.0 Å². The maximum atomic E-state index is 10.4. The lowest BCUT2D eigenvalue weighted by Crippen LogP contribution is -2.34. The summed E-state index contributed by atoms with van der Waals surface area (Å²) in [4.78, 5) is 24.8. The smallest absolute Gasteiger partial charge is 0.167 e. The molecule has 9 rings (SSSR count). The molecule has 0 amide bonds. The van der Waals surface area contributed by atoms with Crippen molar-refractivity contribution < 1.29 is 48.1 Å². The van der Waals surface area contributed by atoms with Crippen molar-refractivity contribution in [2.45, 2.75) is 68.7 Å². The Kier molecular flexibility index (Phi) is 10.4. The molecule has 0 bridgehead atoms. The van der Waals surface area contributed by atoms with E-state index in [1.165, 1.54) is 23.5 Å². The lowest BCUT2D eigenvalue weighted by Gasteiger charge is -2.24. The normalized spacial score (nSPS) is 26.2. The molecule has 20 nitrogen and oxygen atoms in total. The first-order valence-corrected chi connectivity index (χ1v) is 18.0. The van der Waals surface area contributed by atoms with E-state index in [2.05, 4.69) is 29.9 Å². The van der Waals surface area contributed by atoms with Crippen molar-refractivity contribution in [1.29, 1.82) is 0 Å². The number of aliphatic hydroxyl groups is 2. The van der Waals surface area contributed by atoms with Gasteiger partial charge in [0.2, 0.25) is 0 Å². The molecule has 0 saturated carbocycles. The molecule has 0 aliphatic carbocycles. The van der Waals surface area contributed by atoms with Gasteiger partial charge in [-0.25, -0.2) is 29.9 Å². The van der Waals surface area contributed by atoms with E-state index in [4.69, 9.17) is 49.4 Å². The third kappa shape index (κ3) is 7.53. The van der Waals surface area contributed by atoms with Gasteiger partial charge in [0.15, 0.2) is 41.2 Å². The van der Waals surface area contributed by atoms with Gasteiger partial charge in [-0.15, -0.1) is 0 Å². The van der Waals surface area contributed by atoms with E-state index in [-0.39, 0.29) is 30.7 Å². The van der Waals surface area contributed by atoms with Crippen molar-refractivity contribution >= 4 is 34.0 Å². The molecule has 0 radical (unpaired) electrons. The highest BCUT2D eigenvalue weighted by Crippen LogP contribution is 2.44. The van der Waals surface area contributed by atoms with Crippen molar-refractivity contribution in [3.05, 3.63) is 73.8 Å². The number of hydrogen-bond donors (Lipinski definition) is 4. The number of imidazole rings is 2. The van der Waals surface area contributed by atoms with Crippen LogP contribution < -0.4 is 30.4 Å². The van der Waals surface area contributed by atoms with Crippen molar-refractivity contribution in [3.8, 4) is 23.0 Å². The third-order valence-electron chi connectivity index (χ3n) is 9.73. The van der Waals surface area contributed by atoms with Gasteiger partial charge in [-0.1, -0.05) is 0 Å². The summed E-state index contributed by atoms with van der Waals surface area (Å²) in [7, 11) is 3.21. The van der Waals surface area contributed by atoms with Gasteiger partial charge < -0.3 is 59.6 Å². The van der Waals surface area contributed by atoms with Crippen LogP contribution in [-0.2, 0) is 18.9 Å². The zero-order chi connectivity index (χ0) is 39.8. The van der Waals surface area contributed by atoms with Crippen LogP contribution in [0.2, 0.25) is 0 Å². The van der Waals surface area contributed by atoms with Gasteiger partial charge >= 0.3 is 0 Å². The molecule has 300 valence electrons. The van der Waals surface area contributed by atoms with Crippen LogP contribution >= 0.6 is 0 Å². The molecular formula is C37H42N10O10. The lowest BCUT2D eigenvalue weighted by molar-refractivity contribution is -0.198. The van der Waals surface area contributed by atoms with Crippen LogP contribution in [0.3, 0.4) is 0 Å². The number of anilines is 2. The molecule has 3 saturated heterocycles. The van der Waals surface area contributed by atoms with Gasteiger partial charge in [0, 0.05) is 0 Å². The zero-order valence-corrected chi connectivity index (χ0v) is 31.4. The topological polar surface area (TPSA) is 254 Å². The summed E-state index contributed by atoms with van der Waals surface area (Å²) in [6.07, 6.45) is 0.391. The summed E-state index contributed by atoms with van der Waals surface area (Å²) in [5, 5.41) is 20.8. The maximum Gasteiger partial charge on any atom is 0.167 e. The Hall–Kier alpha value is -5.90. The Morgan fingerprint density at radius 1 is 0.614 bits per heavy atom. The van der Waals surface area contributed by atoms with Gasteiger partial charge in [0.05, 0.1) is 26.9 Å². The second-order valence-electron chi connectivity index (χ2n) is 13.8. The number of hydrogen-bond acceptors (Lipinski definition) is 18. The Morgan fingerprint density at radius 2 is 1.07 bits per heavy atom. The van der Waals surface area contributed by atoms with Crippen LogP contribution in [-0.4, -0.2) is 119 Å². The molecule has 57 heavy (non-hydrogen) atoms. The first-order valence-electron chi connectivity index (χ1n) is 18.0. The first-order chi connectivity index (χ1) is 27.5. The number of aromatic nitrogens is 8. The van der Waals surface area contributed by atoms with E-state index in [9.17, 15) is 10.2 Å². The molecule has 7 heterocycles. The van der Waals surface area contributed by atoms with E-state index >= 15 is 0 Å². The van der Waals surface area contributed by atoms with Crippen LogP contribution in [0.15, 0.2) is 73.8 Å². The molecule has 6 aromatic rings. The lowest BCUT2D eigenvalue weighted by atomic mass is 10.1. The van der Waals surface area contributed by atoms with Gasteiger partial charge in [0.25, 0.3) is 0 Å². The minimum Gasteiger partial charge on any atom is -0.497 e. The second-order valence-corrected chi connectivity index (χ2v) is 13.8. The quantitative estimate of drug-likeness (QED) is 0.155. The summed E-state index contributed by atoms with van der Waals surface area (Å²) in [6, 6.07) is 14.4. The van der Waals surface area contributed by atoms with Crippen LogP contribution in [0.25, 0.3) is 22.3 Å². The summed E-state index contributed by atoms with van der Waals surface area (Å²) < 4.78 is 49.6. The fraction of sp³-hybridized carbons (Fsp3) is 0.405. The molecule has 3 aliphatic rings. The Labute approximate surface area is 325 Å². The third-order valence-corrected chi connectivity index (χ3v) is 9.73. The number of methoxy groups -OCH3 is 2. The van der Waals surface area contributed by atoms with Gasteiger partial charge in [0.1, 0.15) is 96.5 Å². The molecule has 0 spiro atoms. The maximum absolute atomic E-state index is 10.4. The van der Waals surface area contributed by atoms with E-state index < -0.39 is 36.6 Å². The molecule has 4 aromatic heterocycles. The van der Waals surface area contributed by atoms with Crippen LogP contribution in [0.5, 0.6) is 23.0 Å². The largest absolute Gasteiger partial charge is 0.497 e. The van der Waals surface area contributed by atoms with Crippen molar-refractivity contribution in [2.24, 2.45) is 0 Å². The molecule has 20 heteroatoms. The Morgan fingerprint density at radius 3 is 1.60 bits per heavy atom. The van der Waals surface area contributed by atoms with Crippen molar-refractivity contribution in [2.75, 3.05) is 38.9 Å². The van der Waals surface area contributed by atoms with E-state index in [0.717, 1.165) is 5.75 Å². The number of fused-ring (bicyclic) bond motifs is 3. The molecule has 6 N–H and O–H groups in total. The zero-order valence-electron chi connectivity index (χ0n) is 31.4. The highest BCUT2D eigenvalue weighted by atomic mass is 16.8. The van der Waals surface area contributed by atoms with Crippen molar-refractivity contribution in [3.63, 3.8) is 0 Å². The highest BCUT2D eigenvalue weighted by Gasteiger charge is 2.56. The number of rotatable bonds is 10. The van der Waals surface area contributed by atoms with Gasteiger partial charge in [-0.3, -0.25) is 9.13 Å². The fourth-order valence-corrected chi connectivity index (χ4v) is 6.93. The van der Waals surface area contributed by atoms with E-state index in [0.29, 0.717) is 52.0 Å². The number of nitrogens with zero attached hydrogens (tertiary/aromatic N) is 8. The molecule has 3 fully saturated rings. The Balaban J connectivity index is 0.000000161. The number of ether oxygens (including phenoxy) is 8. The minimum absolute atomic E-state index is 0.0603. The van der Waals surface area contributed by atoms with Crippen LogP contribution in [0, 0.1) is 0 Å². The van der Waals surface area contributed by atoms with E-state index in [1.54, 1.807) is 44.8 Å². The minimum atomic E-state index is -1.18. The fourth-order valence-electron chi connectivity index (χ4n) is 6.93. The molecule has 8 atom stereocenters. The first kappa shape index (κ1) is 38.0. The molecule has 2 aromatic carbocycles. The summed E-state index contributed by atoms with van der Waals surface area (Å²) in [6.45, 7) is 4.13. The summed E-state index contributed by atoms with van der Waals surface area (Å²) in [5.41, 5.74) is 13.6. The monoisotopic (exact) mass is 786 g/mol. The average molecular weight is 787 g/mol. The highest BCUT2D eigenvalue weighted by molar-refractivity contribution is 5.81. The van der Waals surface area contributed by atoms with Gasteiger partial charge in [-0.05, 0) is 62.4 Å². The predicted octanol–water partition coefficient (Wildman–Crippen LogP) is 2.03. The predicted molar refractivity (Wildman–Crippen MR) is 200 cm³/mol. The number of nitrogen functional groups attached to an aromatic ring is 2.